The molecule has 0 saturated heterocycles. The molecule has 0 aliphatic rings. The van der Waals surface area contributed by atoms with Crippen LogP contribution >= 0.6 is 11.6 Å². The van der Waals surface area contributed by atoms with Crippen molar-refractivity contribution in [2.45, 2.75) is 6.92 Å². The number of benzene rings is 1. The number of rotatable bonds is 5. The summed E-state index contributed by atoms with van der Waals surface area (Å²) < 4.78 is 5.31. The third kappa shape index (κ3) is 4.29. The number of ether oxygens (including phenoxy) is 1. The second kappa shape index (κ2) is 6.85. The number of carbonyl (C=O) groups is 2. The van der Waals surface area contributed by atoms with E-state index in [2.05, 4.69) is 10.3 Å². The molecule has 2 rings (SSSR count). The van der Waals surface area contributed by atoms with Gasteiger partial charge < -0.3 is 10.1 Å². The summed E-state index contributed by atoms with van der Waals surface area (Å²) in [5.41, 5.74) is 1.50. The summed E-state index contributed by atoms with van der Waals surface area (Å²) >= 11 is 5.76. The van der Waals surface area contributed by atoms with E-state index < -0.39 is 0 Å². The highest BCUT2D eigenvalue weighted by atomic mass is 35.5. The Balaban J connectivity index is 1.95. The molecule has 5 nitrogen and oxygen atoms in total. The van der Waals surface area contributed by atoms with Gasteiger partial charge in [-0.25, -0.2) is 4.98 Å². The van der Waals surface area contributed by atoms with Gasteiger partial charge in [0, 0.05) is 16.4 Å². The number of pyridine rings is 1. The normalized spacial score (nSPS) is 10.0. The molecule has 0 aliphatic carbocycles. The van der Waals surface area contributed by atoms with Gasteiger partial charge in [-0.05, 0) is 43.3 Å². The Kier molecular flexibility index (Phi) is 4.90. The molecule has 1 aromatic carbocycles. The number of halogens is 1. The molecule has 1 aromatic heterocycles. The number of nitrogens with one attached hydrogen (secondary N) is 1. The summed E-state index contributed by atoms with van der Waals surface area (Å²) in [5, 5.41) is 3.25. The molecule has 0 atom stereocenters. The summed E-state index contributed by atoms with van der Waals surface area (Å²) in [5.74, 6) is -0.0587. The summed E-state index contributed by atoms with van der Waals surface area (Å²) in [6, 6.07) is 10.0. The average Bonchev–Trinajstić information content (AvgIpc) is 2.48. The fraction of sp³-hybridized carbons (Fsp3) is 0.133. The van der Waals surface area contributed by atoms with Crippen molar-refractivity contribution in [1.29, 1.82) is 0 Å². The van der Waals surface area contributed by atoms with Crippen LogP contribution in [0.25, 0.3) is 0 Å². The predicted octanol–water partition coefficient (Wildman–Crippen LogP) is 2.87. The molecule has 0 fully saturated rings. The molecule has 1 amide bonds. The largest absolute Gasteiger partial charge is 0.481 e. The molecule has 21 heavy (non-hydrogen) atoms. The van der Waals surface area contributed by atoms with Crippen LogP contribution in [-0.2, 0) is 4.79 Å². The Hall–Kier alpha value is -2.40. The van der Waals surface area contributed by atoms with E-state index in [1.54, 1.807) is 43.3 Å². The summed E-state index contributed by atoms with van der Waals surface area (Å²) in [6.45, 7) is 1.55. The highest BCUT2D eigenvalue weighted by molar-refractivity contribution is 6.30. The SMILES string of the molecule is Cc1ccc(OCC(=O)Nc2ccc(Cl)cc2)c(C=O)n1. The number of hydrogen-bond acceptors (Lipinski definition) is 4. The van der Waals surface area contributed by atoms with Gasteiger partial charge in [0.1, 0.15) is 11.4 Å². The first-order valence-electron chi connectivity index (χ1n) is 6.19. The molecule has 0 saturated carbocycles. The number of anilines is 1. The first-order valence-corrected chi connectivity index (χ1v) is 6.57. The Morgan fingerprint density at radius 2 is 2.00 bits per heavy atom. The van der Waals surface area contributed by atoms with Crippen LogP contribution in [0.4, 0.5) is 5.69 Å². The fourth-order valence-electron chi connectivity index (χ4n) is 1.64. The number of aromatic nitrogens is 1. The van der Waals surface area contributed by atoms with Gasteiger partial charge in [-0.15, -0.1) is 0 Å². The van der Waals surface area contributed by atoms with Crippen molar-refractivity contribution in [3.8, 4) is 5.75 Å². The molecule has 1 N–H and O–H groups in total. The van der Waals surface area contributed by atoms with Gasteiger partial charge in [0.2, 0.25) is 0 Å². The van der Waals surface area contributed by atoms with Crippen molar-refractivity contribution in [2.75, 3.05) is 11.9 Å². The minimum Gasteiger partial charge on any atom is -0.481 e. The molecule has 0 bridgehead atoms. The van der Waals surface area contributed by atoms with E-state index in [0.29, 0.717) is 22.7 Å². The zero-order valence-corrected chi connectivity index (χ0v) is 12.1. The van der Waals surface area contributed by atoms with E-state index >= 15 is 0 Å². The van der Waals surface area contributed by atoms with Crippen LogP contribution in [0.5, 0.6) is 5.75 Å². The van der Waals surface area contributed by atoms with Crippen LogP contribution in [0.2, 0.25) is 5.02 Å². The topological polar surface area (TPSA) is 68.3 Å². The monoisotopic (exact) mass is 304 g/mol. The van der Waals surface area contributed by atoms with E-state index in [9.17, 15) is 9.59 Å². The maximum Gasteiger partial charge on any atom is 0.262 e. The number of aryl methyl sites for hydroxylation is 1. The minimum absolute atomic E-state index is 0.175. The van der Waals surface area contributed by atoms with E-state index in [-0.39, 0.29) is 24.0 Å². The Morgan fingerprint density at radius 3 is 2.67 bits per heavy atom. The quantitative estimate of drug-likeness (QED) is 0.862. The van der Waals surface area contributed by atoms with E-state index in [4.69, 9.17) is 16.3 Å². The minimum atomic E-state index is -0.338. The van der Waals surface area contributed by atoms with Gasteiger partial charge in [-0.1, -0.05) is 11.6 Å². The lowest BCUT2D eigenvalue weighted by atomic mass is 10.3. The van der Waals surface area contributed by atoms with Gasteiger partial charge in [0.05, 0.1) is 0 Å². The molecule has 0 unspecified atom stereocenters. The fourth-order valence-corrected chi connectivity index (χ4v) is 1.77. The van der Waals surface area contributed by atoms with Crippen LogP contribution in [0.1, 0.15) is 16.2 Å². The van der Waals surface area contributed by atoms with E-state index in [0.717, 1.165) is 0 Å². The second-order valence-electron chi connectivity index (χ2n) is 4.30. The number of carbonyl (C=O) groups excluding carboxylic acids is 2. The second-order valence-corrected chi connectivity index (χ2v) is 4.73. The molecule has 6 heteroatoms. The van der Waals surface area contributed by atoms with E-state index in [1.165, 1.54) is 0 Å². The third-order valence-electron chi connectivity index (χ3n) is 2.62. The maximum absolute atomic E-state index is 11.8. The van der Waals surface area contributed by atoms with Gasteiger partial charge in [0.15, 0.2) is 12.9 Å². The number of amides is 1. The van der Waals surface area contributed by atoms with Gasteiger partial charge in [0.25, 0.3) is 5.91 Å². The Morgan fingerprint density at radius 1 is 1.29 bits per heavy atom. The molecule has 2 aromatic rings. The first kappa shape index (κ1) is 15.0. The Bertz CT molecular complexity index is 656. The Labute approximate surface area is 126 Å². The van der Waals surface area contributed by atoms with Crippen molar-refractivity contribution in [3.05, 3.63) is 52.8 Å². The number of aldehydes is 1. The zero-order valence-electron chi connectivity index (χ0n) is 11.3. The molecule has 0 spiro atoms. The highest BCUT2D eigenvalue weighted by Gasteiger charge is 2.08. The molecule has 1 heterocycles. The molecular weight excluding hydrogens is 292 g/mol. The molecule has 0 radical (unpaired) electrons. The predicted molar refractivity (Wildman–Crippen MR) is 79.9 cm³/mol. The average molecular weight is 305 g/mol. The van der Waals surface area contributed by atoms with Gasteiger partial charge in [-0.2, -0.15) is 0 Å². The third-order valence-corrected chi connectivity index (χ3v) is 2.88. The lowest BCUT2D eigenvalue weighted by Gasteiger charge is -2.09. The summed E-state index contributed by atoms with van der Waals surface area (Å²) in [4.78, 5) is 26.7. The van der Waals surface area contributed by atoms with Gasteiger partial charge >= 0.3 is 0 Å². The van der Waals surface area contributed by atoms with Crippen LogP contribution < -0.4 is 10.1 Å². The van der Waals surface area contributed by atoms with Crippen molar-refractivity contribution < 1.29 is 14.3 Å². The van der Waals surface area contributed by atoms with Crippen molar-refractivity contribution in [1.82, 2.24) is 4.98 Å². The van der Waals surface area contributed by atoms with Crippen LogP contribution in [0.3, 0.4) is 0 Å². The lowest BCUT2D eigenvalue weighted by Crippen LogP contribution is -2.20. The molecule has 0 aliphatic heterocycles. The van der Waals surface area contributed by atoms with Crippen LogP contribution in [0, 0.1) is 6.92 Å². The zero-order chi connectivity index (χ0) is 15.2. The smallest absolute Gasteiger partial charge is 0.262 e. The first-order chi connectivity index (χ1) is 10.1. The standard InChI is InChI=1S/C15H13ClN2O3/c1-10-2-7-14(13(8-19)17-10)21-9-15(20)18-12-5-3-11(16)4-6-12/h2-8H,9H2,1H3,(H,18,20). The summed E-state index contributed by atoms with van der Waals surface area (Å²) in [7, 11) is 0. The lowest BCUT2D eigenvalue weighted by molar-refractivity contribution is -0.118. The van der Waals surface area contributed by atoms with Crippen LogP contribution in [0.15, 0.2) is 36.4 Å². The van der Waals surface area contributed by atoms with Crippen LogP contribution in [-0.4, -0.2) is 23.8 Å². The summed E-state index contributed by atoms with van der Waals surface area (Å²) in [6.07, 6.45) is 0.597. The number of hydrogen-bond donors (Lipinski definition) is 1. The van der Waals surface area contributed by atoms with E-state index in [1.807, 2.05) is 0 Å². The molecular formula is C15H13ClN2O3. The van der Waals surface area contributed by atoms with Crippen molar-refractivity contribution in [3.63, 3.8) is 0 Å². The van der Waals surface area contributed by atoms with Crippen molar-refractivity contribution in [2.24, 2.45) is 0 Å². The maximum atomic E-state index is 11.8. The van der Waals surface area contributed by atoms with Crippen molar-refractivity contribution >= 4 is 29.5 Å². The van der Waals surface area contributed by atoms with Gasteiger partial charge in [-0.3, -0.25) is 9.59 Å². The highest BCUT2D eigenvalue weighted by Crippen LogP contribution is 2.16. The number of nitrogens with zero attached hydrogens (tertiary/aromatic N) is 1. The molecule has 108 valence electrons.